The highest BCUT2D eigenvalue weighted by Crippen LogP contribution is 2.18. The Hall–Kier alpha value is -0.820. The largest absolute Gasteiger partial charge is 0.307 e. The molecule has 0 aliphatic heterocycles. The standard InChI is InChI=1S/C15H25N/c1-5-7-13(4)16-15(6-2)14-10-8-12(3)9-11-14/h8-11,13,15-16H,5-7H2,1-4H3. The van der Waals surface area contributed by atoms with Crippen LogP contribution in [0.2, 0.25) is 0 Å². The molecule has 16 heavy (non-hydrogen) atoms. The zero-order chi connectivity index (χ0) is 12.0. The highest BCUT2D eigenvalue weighted by atomic mass is 14.9. The first-order valence-electron chi connectivity index (χ1n) is 6.50. The van der Waals surface area contributed by atoms with Crippen LogP contribution >= 0.6 is 0 Å². The summed E-state index contributed by atoms with van der Waals surface area (Å²) in [6.45, 7) is 8.90. The van der Waals surface area contributed by atoms with Gasteiger partial charge in [-0.25, -0.2) is 0 Å². The monoisotopic (exact) mass is 219 g/mol. The van der Waals surface area contributed by atoms with Crippen molar-refractivity contribution < 1.29 is 0 Å². The van der Waals surface area contributed by atoms with Crippen molar-refractivity contribution in [1.82, 2.24) is 5.32 Å². The van der Waals surface area contributed by atoms with Crippen molar-refractivity contribution in [3.63, 3.8) is 0 Å². The Labute approximate surface area is 100 Å². The highest BCUT2D eigenvalue weighted by molar-refractivity contribution is 5.24. The SMILES string of the molecule is CCCC(C)NC(CC)c1ccc(C)cc1. The van der Waals surface area contributed by atoms with Crippen molar-refractivity contribution in [3.05, 3.63) is 35.4 Å². The molecule has 1 nitrogen and oxygen atoms in total. The molecule has 0 fully saturated rings. The minimum Gasteiger partial charge on any atom is -0.307 e. The lowest BCUT2D eigenvalue weighted by atomic mass is 10.0. The molecule has 90 valence electrons. The first-order chi connectivity index (χ1) is 7.67. The van der Waals surface area contributed by atoms with Crippen LogP contribution in [0.1, 0.15) is 57.2 Å². The summed E-state index contributed by atoms with van der Waals surface area (Å²) in [6, 6.07) is 10.00. The van der Waals surface area contributed by atoms with E-state index in [0.29, 0.717) is 12.1 Å². The van der Waals surface area contributed by atoms with Gasteiger partial charge >= 0.3 is 0 Å². The van der Waals surface area contributed by atoms with Crippen LogP contribution in [0.25, 0.3) is 0 Å². The molecular weight excluding hydrogens is 194 g/mol. The van der Waals surface area contributed by atoms with E-state index in [1.54, 1.807) is 0 Å². The topological polar surface area (TPSA) is 12.0 Å². The van der Waals surface area contributed by atoms with Crippen LogP contribution in [0.4, 0.5) is 0 Å². The van der Waals surface area contributed by atoms with Gasteiger partial charge < -0.3 is 5.32 Å². The van der Waals surface area contributed by atoms with Gasteiger partial charge in [0, 0.05) is 12.1 Å². The summed E-state index contributed by atoms with van der Waals surface area (Å²) in [7, 11) is 0. The summed E-state index contributed by atoms with van der Waals surface area (Å²) in [5.41, 5.74) is 2.75. The minimum absolute atomic E-state index is 0.502. The number of nitrogens with one attached hydrogen (secondary N) is 1. The molecule has 1 rings (SSSR count). The smallest absolute Gasteiger partial charge is 0.0319 e. The van der Waals surface area contributed by atoms with E-state index < -0.39 is 0 Å². The number of benzene rings is 1. The molecule has 1 aromatic carbocycles. The lowest BCUT2D eigenvalue weighted by Gasteiger charge is -2.22. The maximum atomic E-state index is 3.70. The third-order valence-electron chi connectivity index (χ3n) is 3.10. The van der Waals surface area contributed by atoms with Gasteiger partial charge in [0.15, 0.2) is 0 Å². The van der Waals surface area contributed by atoms with Gasteiger partial charge in [-0.15, -0.1) is 0 Å². The summed E-state index contributed by atoms with van der Waals surface area (Å²) >= 11 is 0. The molecule has 0 saturated carbocycles. The second kappa shape index (κ2) is 6.70. The van der Waals surface area contributed by atoms with E-state index >= 15 is 0 Å². The van der Waals surface area contributed by atoms with Crippen molar-refractivity contribution in [2.45, 2.75) is 59.0 Å². The molecule has 2 atom stereocenters. The molecule has 0 aliphatic carbocycles. The second-order valence-electron chi connectivity index (χ2n) is 4.73. The first-order valence-corrected chi connectivity index (χ1v) is 6.50. The minimum atomic E-state index is 0.502. The normalized spacial score (nSPS) is 14.8. The maximum Gasteiger partial charge on any atom is 0.0319 e. The molecule has 0 radical (unpaired) electrons. The zero-order valence-corrected chi connectivity index (χ0v) is 11.1. The van der Waals surface area contributed by atoms with E-state index in [9.17, 15) is 0 Å². The van der Waals surface area contributed by atoms with Crippen LogP contribution < -0.4 is 5.32 Å². The molecule has 1 aromatic rings. The molecule has 0 aromatic heterocycles. The van der Waals surface area contributed by atoms with Crippen molar-refractivity contribution in [3.8, 4) is 0 Å². The van der Waals surface area contributed by atoms with Crippen LogP contribution in [0, 0.1) is 6.92 Å². The van der Waals surface area contributed by atoms with Gasteiger partial charge in [-0.1, -0.05) is 50.1 Å². The average Bonchev–Trinajstić information content (AvgIpc) is 2.27. The van der Waals surface area contributed by atoms with Crippen LogP contribution in [-0.4, -0.2) is 6.04 Å². The maximum absolute atomic E-state index is 3.70. The summed E-state index contributed by atoms with van der Waals surface area (Å²) in [4.78, 5) is 0. The second-order valence-corrected chi connectivity index (χ2v) is 4.73. The van der Waals surface area contributed by atoms with Crippen molar-refractivity contribution in [1.29, 1.82) is 0 Å². The summed E-state index contributed by atoms with van der Waals surface area (Å²) in [6.07, 6.45) is 3.65. The predicted molar refractivity (Wildman–Crippen MR) is 71.7 cm³/mol. The Balaban J connectivity index is 2.63. The van der Waals surface area contributed by atoms with Gasteiger partial charge in [-0.3, -0.25) is 0 Å². The molecular formula is C15H25N. The summed E-state index contributed by atoms with van der Waals surface area (Å²) in [5.74, 6) is 0. The average molecular weight is 219 g/mol. The van der Waals surface area contributed by atoms with E-state index in [1.807, 2.05) is 0 Å². The van der Waals surface area contributed by atoms with Gasteiger partial charge in [0.1, 0.15) is 0 Å². The lowest BCUT2D eigenvalue weighted by Crippen LogP contribution is -2.30. The first kappa shape index (κ1) is 13.2. The fourth-order valence-corrected chi connectivity index (χ4v) is 2.11. The third-order valence-corrected chi connectivity index (χ3v) is 3.10. The fourth-order valence-electron chi connectivity index (χ4n) is 2.11. The van der Waals surface area contributed by atoms with E-state index in [4.69, 9.17) is 0 Å². The molecule has 0 aliphatic rings. The Morgan fingerprint density at radius 3 is 2.25 bits per heavy atom. The van der Waals surface area contributed by atoms with Gasteiger partial charge in [0.05, 0.1) is 0 Å². The van der Waals surface area contributed by atoms with Gasteiger partial charge in [-0.05, 0) is 32.3 Å². The quantitative estimate of drug-likeness (QED) is 0.755. The van der Waals surface area contributed by atoms with Crippen LogP contribution in [-0.2, 0) is 0 Å². The summed E-state index contributed by atoms with van der Waals surface area (Å²) in [5, 5.41) is 3.70. The Bertz CT molecular complexity index is 289. The Morgan fingerprint density at radius 1 is 1.12 bits per heavy atom. The highest BCUT2D eigenvalue weighted by Gasteiger charge is 2.11. The van der Waals surface area contributed by atoms with Crippen molar-refractivity contribution >= 4 is 0 Å². The van der Waals surface area contributed by atoms with E-state index in [2.05, 4.69) is 57.3 Å². The summed E-state index contributed by atoms with van der Waals surface area (Å²) < 4.78 is 0. The van der Waals surface area contributed by atoms with Gasteiger partial charge in [0.2, 0.25) is 0 Å². The molecule has 0 saturated heterocycles. The van der Waals surface area contributed by atoms with Crippen molar-refractivity contribution in [2.24, 2.45) is 0 Å². The molecule has 1 heteroatoms. The number of hydrogen-bond donors (Lipinski definition) is 1. The predicted octanol–water partition coefficient (Wildman–Crippen LogP) is 4.22. The molecule has 0 amide bonds. The number of hydrogen-bond acceptors (Lipinski definition) is 1. The van der Waals surface area contributed by atoms with E-state index in [1.165, 1.54) is 24.0 Å². The van der Waals surface area contributed by atoms with Gasteiger partial charge in [-0.2, -0.15) is 0 Å². The van der Waals surface area contributed by atoms with E-state index in [-0.39, 0.29) is 0 Å². The lowest BCUT2D eigenvalue weighted by molar-refractivity contribution is 0.424. The molecule has 2 unspecified atom stereocenters. The fraction of sp³-hybridized carbons (Fsp3) is 0.600. The molecule has 0 bridgehead atoms. The van der Waals surface area contributed by atoms with Crippen LogP contribution in [0.3, 0.4) is 0 Å². The van der Waals surface area contributed by atoms with E-state index in [0.717, 1.165) is 6.42 Å². The number of rotatable bonds is 6. The molecule has 0 spiro atoms. The molecule has 0 heterocycles. The van der Waals surface area contributed by atoms with Gasteiger partial charge in [0.25, 0.3) is 0 Å². The third kappa shape index (κ3) is 3.97. The van der Waals surface area contributed by atoms with Crippen molar-refractivity contribution in [2.75, 3.05) is 0 Å². The number of aryl methyl sites for hydroxylation is 1. The molecule has 1 N–H and O–H groups in total. The Kier molecular flexibility index (Phi) is 5.54. The zero-order valence-electron chi connectivity index (χ0n) is 11.1. The van der Waals surface area contributed by atoms with Crippen LogP contribution in [0.15, 0.2) is 24.3 Å². The Morgan fingerprint density at radius 2 is 1.75 bits per heavy atom. The van der Waals surface area contributed by atoms with Crippen LogP contribution in [0.5, 0.6) is 0 Å².